The van der Waals surface area contributed by atoms with Crippen LogP contribution in [0.1, 0.15) is 24.4 Å². The van der Waals surface area contributed by atoms with E-state index in [1.807, 2.05) is 18.2 Å². The molecule has 0 radical (unpaired) electrons. The van der Waals surface area contributed by atoms with Crippen molar-refractivity contribution in [2.75, 3.05) is 6.61 Å². The molecule has 0 saturated heterocycles. The number of rotatable bonds is 4. The van der Waals surface area contributed by atoms with Crippen LogP contribution in [-0.4, -0.2) is 17.8 Å². The number of nitrogens with one attached hydrogen (secondary N) is 1. The first-order valence-corrected chi connectivity index (χ1v) is 4.82. The van der Waals surface area contributed by atoms with E-state index in [1.165, 1.54) is 18.4 Å². The Morgan fingerprint density at radius 1 is 1.31 bits per heavy atom. The predicted octanol–water partition coefficient (Wildman–Crippen LogP) is 1.47. The Bertz CT molecular complexity index is 256. The van der Waals surface area contributed by atoms with Gasteiger partial charge < -0.3 is 10.4 Å². The average molecular weight is 177 g/mol. The molecule has 2 N–H and O–H groups in total. The summed E-state index contributed by atoms with van der Waals surface area (Å²) >= 11 is 0. The normalized spacial score (nSPS) is 18.5. The van der Waals surface area contributed by atoms with Gasteiger partial charge in [0.1, 0.15) is 0 Å². The summed E-state index contributed by atoms with van der Waals surface area (Å²) in [6, 6.07) is 10.9. The minimum atomic E-state index is 0.119. The van der Waals surface area contributed by atoms with Crippen LogP contribution < -0.4 is 5.32 Å². The van der Waals surface area contributed by atoms with Crippen LogP contribution in [0.2, 0.25) is 0 Å². The van der Waals surface area contributed by atoms with Crippen molar-refractivity contribution in [1.82, 2.24) is 5.32 Å². The van der Waals surface area contributed by atoms with Gasteiger partial charge in [-0.15, -0.1) is 0 Å². The van der Waals surface area contributed by atoms with Gasteiger partial charge in [0, 0.05) is 6.04 Å². The first-order chi connectivity index (χ1) is 6.40. The number of hydrogen-bond donors (Lipinski definition) is 2. The zero-order chi connectivity index (χ0) is 9.10. The summed E-state index contributed by atoms with van der Waals surface area (Å²) < 4.78 is 0. The third kappa shape index (κ3) is 2.29. The van der Waals surface area contributed by atoms with Crippen LogP contribution in [0.4, 0.5) is 0 Å². The zero-order valence-corrected chi connectivity index (χ0v) is 7.61. The number of hydrogen-bond acceptors (Lipinski definition) is 2. The first kappa shape index (κ1) is 8.73. The maximum absolute atomic E-state index is 9.19. The smallest absolute Gasteiger partial charge is 0.0626 e. The first-order valence-electron chi connectivity index (χ1n) is 4.82. The summed E-state index contributed by atoms with van der Waals surface area (Å²) in [5, 5.41) is 12.6. The van der Waals surface area contributed by atoms with E-state index < -0.39 is 0 Å². The van der Waals surface area contributed by atoms with Crippen LogP contribution in [0.5, 0.6) is 0 Å². The Balaban J connectivity index is 2.02. The Labute approximate surface area is 78.6 Å². The van der Waals surface area contributed by atoms with Crippen LogP contribution in [0.15, 0.2) is 30.3 Å². The number of aliphatic hydroxyl groups is 1. The van der Waals surface area contributed by atoms with E-state index in [-0.39, 0.29) is 12.6 Å². The number of aliphatic hydroxyl groups excluding tert-OH is 1. The fourth-order valence-corrected chi connectivity index (χ4v) is 1.47. The van der Waals surface area contributed by atoms with Crippen molar-refractivity contribution in [3.63, 3.8) is 0 Å². The second-order valence-electron chi connectivity index (χ2n) is 3.59. The van der Waals surface area contributed by atoms with Crippen molar-refractivity contribution >= 4 is 0 Å². The standard InChI is InChI=1S/C11H15NO/c13-8-11(12-10-6-7-10)9-4-2-1-3-5-9/h1-5,10-13H,6-8H2/t11-/m0/s1. The van der Waals surface area contributed by atoms with E-state index in [0.717, 1.165) is 0 Å². The van der Waals surface area contributed by atoms with Gasteiger partial charge in [-0.1, -0.05) is 30.3 Å². The Hall–Kier alpha value is -0.860. The average Bonchev–Trinajstić information content (AvgIpc) is 2.99. The SMILES string of the molecule is OC[C@H](NC1CC1)c1ccccc1. The molecule has 0 aromatic heterocycles. The summed E-state index contributed by atoms with van der Waals surface area (Å²) in [7, 11) is 0. The fraction of sp³-hybridized carbons (Fsp3) is 0.455. The molecule has 0 unspecified atom stereocenters. The molecule has 1 fully saturated rings. The molecule has 0 amide bonds. The molecular formula is C11H15NO. The van der Waals surface area contributed by atoms with Crippen LogP contribution in [0.3, 0.4) is 0 Å². The highest BCUT2D eigenvalue weighted by Gasteiger charge is 2.24. The monoisotopic (exact) mass is 177 g/mol. The van der Waals surface area contributed by atoms with Gasteiger partial charge in [0.15, 0.2) is 0 Å². The molecule has 1 aromatic rings. The van der Waals surface area contributed by atoms with Crippen LogP contribution >= 0.6 is 0 Å². The largest absolute Gasteiger partial charge is 0.394 e. The van der Waals surface area contributed by atoms with Crippen LogP contribution in [0, 0.1) is 0 Å². The summed E-state index contributed by atoms with van der Waals surface area (Å²) in [5.41, 5.74) is 1.18. The molecule has 1 saturated carbocycles. The van der Waals surface area contributed by atoms with E-state index in [9.17, 15) is 5.11 Å². The van der Waals surface area contributed by atoms with Gasteiger partial charge in [-0.05, 0) is 18.4 Å². The lowest BCUT2D eigenvalue weighted by Crippen LogP contribution is -2.26. The van der Waals surface area contributed by atoms with Gasteiger partial charge in [0.2, 0.25) is 0 Å². The Morgan fingerprint density at radius 3 is 2.54 bits per heavy atom. The van der Waals surface area contributed by atoms with E-state index in [2.05, 4.69) is 17.4 Å². The van der Waals surface area contributed by atoms with E-state index >= 15 is 0 Å². The molecule has 0 aliphatic heterocycles. The van der Waals surface area contributed by atoms with Crippen LogP contribution in [-0.2, 0) is 0 Å². The van der Waals surface area contributed by atoms with Gasteiger partial charge in [-0.3, -0.25) is 0 Å². The van der Waals surface area contributed by atoms with Gasteiger partial charge >= 0.3 is 0 Å². The molecule has 1 aromatic carbocycles. The lowest BCUT2D eigenvalue weighted by Gasteiger charge is -2.15. The second kappa shape index (κ2) is 3.90. The molecule has 0 bridgehead atoms. The summed E-state index contributed by atoms with van der Waals surface area (Å²) in [4.78, 5) is 0. The van der Waals surface area contributed by atoms with Crippen molar-refractivity contribution in [2.45, 2.75) is 24.9 Å². The quantitative estimate of drug-likeness (QED) is 0.730. The van der Waals surface area contributed by atoms with E-state index in [1.54, 1.807) is 0 Å². The summed E-state index contributed by atoms with van der Waals surface area (Å²) in [6.07, 6.45) is 2.51. The maximum Gasteiger partial charge on any atom is 0.0626 e. The zero-order valence-electron chi connectivity index (χ0n) is 7.61. The lowest BCUT2D eigenvalue weighted by atomic mass is 10.1. The van der Waals surface area contributed by atoms with E-state index in [0.29, 0.717) is 6.04 Å². The van der Waals surface area contributed by atoms with Crippen molar-refractivity contribution in [3.05, 3.63) is 35.9 Å². The molecule has 2 rings (SSSR count). The van der Waals surface area contributed by atoms with Crippen molar-refractivity contribution in [3.8, 4) is 0 Å². The van der Waals surface area contributed by atoms with Crippen molar-refractivity contribution < 1.29 is 5.11 Å². The summed E-state index contributed by atoms with van der Waals surface area (Å²) in [6.45, 7) is 0.181. The third-order valence-corrected chi connectivity index (χ3v) is 2.40. The summed E-state index contributed by atoms with van der Waals surface area (Å²) in [5.74, 6) is 0. The molecule has 1 aliphatic carbocycles. The van der Waals surface area contributed by atoms with Crippen LogP contribution in [0.25, 0.3) is 0 Å². The van der Waals surface area contributed by atoms with E-state index in [4.69, 9.17) is 0 Å². The fourth-order valence-electron chi connectivity index (χ4n) is 1.47. The highest BCUT2D eigenvalue weighted by Crippen LogP contribution is 2.23. The Morgan fingerprint density at radius 2 is 2.00 bits per heavy atom. The number of benzene rings is 1. The molecule has 70 valence electrons. The minimum Gasteiger partial charge on any atom is -0.394 e. The Kier molecular flexibility index (Phi) is 2.62. The van der Waals surface area contributed by atoms with Gasteiger partial charge in [0.25, 0.3) is 0 Å². The molecule has 13 heavy (non-hydrogen) atoms. The molecule has 0 spiro atoms. The predicted molar refractivity (Wildman–Crippen MR) is 52.4 cm³/mol. The van der Waals surface area contributed by atoms with Gasteiger partial charge in [-0.25, -0.2) is 0 Å². The molecule has 2 heteroatoms. The van der Waals surface area contributed by atoms with Gasteiger partial charge in [0.05, 0.1) is 12.6 Å². The highest BCUT2D eigenvalue weighted by atomic mass is 16.3. The molecular weight excluding hydrogens is 162 g/mol. The third-order valence-electron chi connectivity index (χ3n) is 2.40. The molecule has 2 nitrogen and oxygen atoms in total. The van der Waals surface area contributed by atoms with Gasteiger partial charge in [-0.2, -0.15) is 0 Å². The topological polar surface area (TPSA) is 32.3 Å². The van der Waals surface area contributed by atoms with Crippen molar-refractivity contribution in [1.29, 1.82) is 0 Å². The molecule has 0 heterocycles. The maximum atomic E-state index is 9.19. The van der Waals surface area contributed by atoms with Crippen molar-refractivity contribution in [2.24, 2.45) is 0 Å². The second-order valence-corrected chi connectivity index (χ2v) is 3.59. The molecule has 1 aliphatic rings. The minimum absolute atomic E-state index is 0.119. The lowest BCUT2D eigenvalue weighted by molar-refractivity contribution is 0.243. The highest BCUT2D eigenvalue weighted by molar-refractivity contribution is 5.19. The molecule has 1 atom stereocenters.